The molecule has 0 aliphatic carbocycles. The van der Waals surface area contributed by atoms with Gasteiger partial charge in [0.15, 0.2) is 18.7 Å². The van der Waals surface area contributed by atoms with Crippen molar-refractivity contribution >= 4 is 29.2 Å². The van der Waals surface area contributed by atoms with E-state index in [1.165, 1.54) is 26.2 Å². The molecule has 0 saturated carbocycles. The van der Waals surface area contributed by atoms with Crippen LogP contribution in [0.4, 0.5) is 10.2 Å². The number of hydrogen-bond donors (Lipinski definition) is 4. The van der Waals surface area contributed by atoms with Crippen LogP contribution in [0.3, 0.4) is 0 Å². The Labute approximate surface area is 361 Å². The van der Waals surface area contributed by atoms with Crippen molar-refractivity contribution < 1.29 is 61.9 Å². The van der Waals surface area contributed by atoms with Crippen molar-refractivity contribution in [1.82, 2.24) is 20.2 Å². The third-order valence-corrected chi connectivity index (χ3v) is 11.8. The van der Waals surface area contributed by atoms with Crippen LogP contribution in [-0.2, 0) is 49.5 Å². The number of alkyl halides is 1. The molecule has 2 aromatic rings. The van der Waals surface area contributed by atoms with E-state index in [2.05, 4.69) is 20.4 Å². The Morgan fingerprint density at radius 3 is 2.52 bits per heavy atom. The van der Waals surface area contributed by atoms with E-state index in [4.69, 9.17) is 38.7 Å². The molecule has 3 aliphatic heterocycles. The van der Waals surface area contributed by atoms with Crippen molar-refractivity contribution in [3.05, 3.63) is 41.9 Å². The molecule has 5 rings (SSSR count). The Kier molecular flexibility index (Phi) is 15.7. The first kappa shape index (κ1) is 48.7. The van der Waals surface area contributed by atoms with Crippen molar-refractivity contribution in [1.29, 1.82) is 0 Å². The molecule has 18 nitrogen and oxygen atoms in total. The quantitative estimate of drug-likeness (QED) is 0.151. The number of aliphatic hydroxyl groups is 2. The van der Waals surface area contributed by atoms with Gasteiger partial charge in [0.2, 0.25) is 11.8 Å². The second-order valence-corrected chi connectivity index (χ2v) is 17.3. The van der Waals surface area contributed by atoms with E-state index in [-0.39, 0.29) is 62.4 Å². The fraction of sp³-hybridized carbons (Fsp3) is 0.674. The second-order valence-electron chi connectivity index (χ2n) is 17.3. The lowest BCUT2D eigenvalue weighted by atomic mass is 9.76. The lowest BCUT2D eigenvalue weighted by molar-refractivity contribution is -0.296. The first-order valence-corrected chi connectivity index (χ1v) is 21.0. The average Bonchev–Trinajstić information content (AvgIpc) is 3.69. The van der Waals surface area contributed by atoms with Gasteiger partial charge in [0, 0.05) is 24.1 Å². The summed E-state index contributed by atoms with van der Waals surface area (Å²) in [5, 5.41) is 31.2. The van der Waals surface area contributed by atoms with Crippen LogP contribution in [0.5, 0.6) is 0 Å². The number of Topliss-reactive ketones (excluding diaryl/α,β-unsaturated/α-hetero) is 1. The summed E-state index contributed by atoms with van der Waals surface area (Å²) in [6, 6.07) is 4.62. The average molecular weight is 875 g/mol. The van der Waals surface area contributed by atoms with Gasteiger partial charge in [0.25, 0.3) is 5.67 Å². The zero-order chi connectivity index (χ0) is 45.7. The summed E-state index contributed by atoms with van der Waals surface area (Å²) >= 11 is 0. The SMILES string of the molecule is CCC(=O)NC1=C[C@H]2OCC(=NOCc3coc(-c4cccc(N)n4)n3)CO[C@](C)(C[C@H]1C)[C@H](O[C@@H]1O[C@H](C)C[C@H](N(C)C)[C@H]1O)[C@@H](C)C(=O)[C@](C)(F)C(=O)O[C@H](CC)[C@@]2(C)O. The van der Waals surface area contributed by atoms with Gasteiger partial charge in [-0.05, 0) is 85.2 Å². The van der Waals surface area contributed by atoms with Crippen molar-refractivity contribution in [2.75, 3.05) is 33.0 Å². The molecule has 2 aromatic heterocycles. The number of oxime groups is 1. The molecule has 0 radical (unpaired) electrons. The number of pyridine rings is 1. The summed E-state index contributed by atoms with van der Waals surface area (Å²) in [6.07, 6.45) is -3.66. The van der Waals surface area contributed by atoms with Gasteiger partial charge in [-0.2, -0.15) is 0 Å². The number of nitrogens with zero attached hydrogens (tertiary/aromatic N) is 4. The van der Waals surface area contributed by atoms with Crippen LogP contribution in [0, 0.1) is 11.8 Å². The number of ether oxygens (including phenoxy) is 5. The number of halogens is 1. The smallest absolute Gasteiger partial charge is 0.351 e. The Balaban J connectivity index is 1.64. The number of aromatic nitrogens is 2. The number of nitrogen functional groups attached to an aromatic ring is 1. The minimum absolute atomic E-state index is 0.00596. The molecule has 1 fully saturated rings. The van der Waals surface area contributed by atoms with E-state index in [1.807, 2.05) is 25.9 Å². The first-order chi connectivity index (χ1) is 29.1. The molecule has 0 aromatic carbocycles. The van der Waals surface area contributed by atoms with Gasteiger partial charge >= 0.3 is 5.97 Å². The molecule has 2 bridgehead atoms. The molecule has 62 heavy (non-hydrogen) atoms. The number of aliphatic hydroxyl groups excluding tert-OH is 1. The van der Waals surface area contributed by atoms with Crippen molar-refractivity contribution in [3.63, 3.8) is 0 Å². The number of nitrogens with one attached hydrogen (secondary N) is 1. The number of allylic oxidation sites excluding steroid dienone is 1. The van der Waals surface area contributed by atoms with Gasteiger partial charge in [-0.3, -0.25) is 9.59 Å². The Bertz CT molecular complexity index is 1960. The summed E-state index contributed by atoms with van der Waals surface area (Å²) in [5.41, 5.74) is 0.180. The summed E-state index contributed by atoms with van der Waals surface area (Å²) < 4.78 is 54.1. The number of cyclic esters (lactones) is 1. The fourth-order valence-electron chi connectivity index (χ4n) is 8.18. The number of likely N-dealkylation sites (N-methyl/N-ethyl adjacent to an activating group) is 1. The fourth-order valence-corrected chi connectivity index (χ4v) is 8.18. The molecule has 1 saturated heterocycles. The van der Waals surface area contributed by atoms with Crippen LogP contribution in [0.25, 0.3) is 11.6 Å². The van der Waals surface area contributed by atoms with Crippen LogP contribution in [0.2, 0.25) is 0 Å². The predicted octanol–water partition coefficient (Wildman–Crippen LogP) is 3.63. The van der Waals surface area contributed by atoms with Crippen LogP contribution in [-0.4, -0.2) is 135 Å². The number of fused-ring (bicyclic) bond motifs is 4. The number of anilines is 1. The lowest BCUT2D eigenvalue weighted by Crippen LogP contribution is -2.60. The molecule has 5 heterocycles. The minimum atomic E-state index is -3.23. The molecule has 3 aliphatic rings. The Morgan fingerprint density at radius 2 is 1.85 bits per heavy atom. The third kappa shape index (κ3) is 11.0. The molecule has 5 N–H and O–H groups in total. The van der Waals surface area contributed by atoms with E-state index in [0.717, 1.165) is 6.92 Å². The van der Waals surface area contributed by atoms with Crippen LogP contribution in [0.15, 0.2) is 45.8 Å². The monoisotopic (exact) mass is 874 g/mol. The van der Waals surface area contributed by atoms with Gasteiger partial charge in [-0.1, -0.05) is 38.9 Å². The number of nitrogens with two attached hydrogens (primary N) is 1. The summed E-state index contributed by atoms with van der Waals surface area (Å²) in [4.78, 5) is 57.6. The van der Waals surface area contributed by atoms with E-state index >= 15 is 4.39 Å². The topological polar surface area (TPSA) is 240 Å². The molecule has 1 amide bonds. The van der Waals surface area contributed by atoms with Gasteiger partial charge < -0.3 is 59.1 Å². The number of amides is 1. The standard InChI is InChI=1S/C43H63FN6O12/c1-11-31-43(8,55)32-17-29(48-34(51)12-2)23(3)18-41(6,58-21-27(20-56-32)49-59-22-26-19-57-38(46-26)28-14-13-15-33(45)47-28)37(25(5)36(53)42(7,44)40(54)61-31)62-39-35(52)30(50(9)10)16-24(4)60-39/h13-15,17,19,23-25,30-32,35,37,39,52,55H,11-12,16,18,20-22H2,1-10H3,(H2,45,47)(H,48,51)/t23-,24-,25+,30+,31-,32-,35-,37-,39+,41-,42+,43-/m1/s1. The van der Waals surface area contributed by atoms with Gasteiger partial charge in [0.1, 0.15) is 53.1 Å². The summed E-state index contributed by atoms with van der Waals surface area (Å²) in [5.74, 6) is -4.65. The summed E-state index contributed by atoms with van der Waals surface area (Å²) in [6.45, 7) is 11.3. The number of esters is 1. The first-order valence-electron chi connectivity index (χ1n) is 21.0. The Morgan fingerprint density at radius 1 is 1.13 bits per heavy atom. The van der Waals surface area contributed by atoms with Gasteiger partial charge in [-0.15, -0.1) is 0 Å². The number of hydrogen-bond acceptors (Lipinski definition) is 17. The highest BCUT2D eigenvalue weighted by Gasteiger charge is 2.55. The molecular formula is C43H63FN6O12. The van der Waals surface area contributed by atoms with E-state index in [1.54, 1.807) is 45.9 Å². The van der Waals surface area contributed by atoms with Crippen molar-refractivity contribution in [2.24, 2.45) is 17.0 Å². The number of carbonyl (C=O) groups excluding carboxylic acids is 3. The van der Waals surface area contributed by atoms with E-state index in [9.17, 15) is 24.6 Å². The minimum Gasteiger partial charge on any atom is -0.457 e. The molecule has 12 atom stereocenters. The highest BCUT2D eigenvalue weighted by atomic mass is 19.1. The van der Waals surface area contributed by atoms with Crippen LogP contribution in [0.1, 0.15) is 86.8 Å². The van der Waals surface area contributed by atoms with E-state index in [0.29, 0.717) is 23.5 Å². The lowest BCUT2D eigenvalue weighted by Gasteiger charge is -2.47. The number of carbonyl (C=O) groups is 3. The molecule has 19 heteroatoms. The molecular weight excluding hydrogens is 812 g/mol. The second kappa shape index (κ2) is 20.0. The number of ketones is 1. The molecule has 0 unspecified atom stereocenters. The summed E-state index contributed by atoms with van der Waals surface area (Å²) in [7, 11) is 3.62. The van der Waals surface area contributed by atoms with Gasteiger partial charge in [-0.25, -0.2) is 19.2 Å². The molecule has 344 valence electrons. The number of rotatable bonds is 10. The largest absolute Gasteiger partial charge is 0.457 e. The maximum Gasteiger partial charge on any atom is 0.351 e. The maximum absolute atomic E-state index is 16.9. The van der Waals surface area contributed by atoms with Crippen LogP contribution < -0.4 is 11.1 Å². The van der Waals surface area contributed by atoms with Crippen LogP contribution >= 0.6 is 0 Å². The van der Waals surface area contributed by atoms with Crippen molar-refractivity contribution in [2.45, 2.75) is 147 Å². The normalized spacial score (nSPS) is 35.9. The zero-order valence-corrected chi connectivity index (χ0v) is 37.3. The predicted molar refractivity (Wildman–Crippen MR) is 223 cm³/mol. The molecule has 0 spiro atoms. The highest BCUT2D eigenvalue weighted by Crippen LogP contribution is 2.40. The zero-order valence-electron chi connectivity index (χ0n) is 37.3. The van der Waals surface area contributed by atoms with Gasteiger partial charge in [0.05, 0.1) is 31.0 Å². The van der Waals surface area contributed by atoms with E-state index < -0.39 is 83.3 Å². The van der Waals surface area contributed by atoms with Crippen molar-refractivity contribution in [3.8, 4) is 11.6 Å². The maximum atomic E-state index is 16.9. The number of oxazole rings is 1. The Hall–Kier alpha value is -4.37. The highest BCUT2D eigenvalue weighted by molar-refractivity contribution is 6.07. The third-order valence-electron chi connectivity index (χ3n) is 11.8.